The molecule has 0 aliphatic rings. The minimum atomic E-state index is -1.15. The highest BCUT2D eigenvalue weighted by atomic mass is 16.4. The number of carboxylic acids is 1. The SMILES string of the molecule is Cc1ccc(CNC(=O)[C@@H](N)CC(=O)N[C@@H](C)C(=O)O)cc1. The number of amides is 2. The first-order chi connectivity index (χ1) is 10.3. The van der Waals surface area contributed by atoms with Crippen LogP contribution in [-0.4, -0.2) is 35.0 Å². The van der Waals surface area contributed by atoms with Gasteiger partial charge in [0.1, 0.15) is 6.04 Å². The van der Waals surface area contributed by atoms with Crippen molar-refractivity contribution in [2.24, 2.45) is 5.73 Å². The van der Waals surface area contributed by atoms with Crippen LogP contribution in [0, 0.1) is 6.92 Å². The van der Waals surface area contributed by atoms with Gasteiger partial charge in [-0.15, -0.1) is 0 Å². The van der Waals surface area contributed by atoms with Crippen molar-refractivity contribution in [1.29, 1.82) is 0 Å². The fourth-order valence-corrected chi connectivity index (χ4v) is 1.68. The molecule has 1 aromatic carbocycles. The van der Waals surface area contributed by atoms with E-state index in [1.165, 1.54) is 6.92 Å². The Morgan fingerprint density at radius 3 is 2.36 bits per heavy atom. The normalized spacial score (nSPS) is 13.0. The summed E-state index contributed by atoms with van der Waals surface area (Å²) in [7, 11) is 0. The van der Waals surface area contributed by atoms with Gasteiger partial charge >= 0.3 is 5.97 Å². The van der Waals surface area contributed by atoms with Gasteiger partial charge in [-0.3, -0.25) is 14.4 Å². The summed E-state index contributed by atoms with van der Waals surface area (Å²) in [6, 6.07) is 5.61. The van der Waals surface area contributed by atoms with Gasteiger partial charge in [-0.05, 0) is 19.4 Å². The Morgan fingerprint density at radius 1 is 1.23 bits per heavy atom. The van der Waals surface area contributed by atoms with Crippen molar-refractivity contribution in [3.63, 3.8) is 0 Å². The average Bonchev–Trinajstić information content (AvgIpc) is 2.45. The van der Waals surface area contributed by atoms with E-state index in [0.717, 1.165) is 11.1 Å². The molecule has 7 nitrogen and oxygen atoms in total. The number of carboxylic acid groups (broad SMARTS) is 1. The van der Waals surface area contributed by atoms with Crippen LogP contribution in [0.2, 0.25) is 0 Å². The second-order valence-corrected chi connectivity index (χ2v) is 5.14. The lowest BCUT2D eigenvalue weighted by Gasteiger charge is -2.14. The van der Waals surface area contributed by atoms with E-state index in [1.54, 1.807) is 0 Å². The Labute approximate surface area is 128 Å². The summed E-state index contributed by atoms with van der Waals surface area (Å²) in [6.45, 7) is 3.62. The predicted octanol–water partition coefficient (Wildman–Crippen LogP) is -0.0821. The number of nitrogens with one attached hydrogen (secondary N) is 2. The first kappa shape index (κ1) is 17.6. The largest absolute Gasteiger partial charge is 0.480 e. The highest BCUT2D eigenvalue weighted by Crippen LogP contribution is 2.02. The van der Waals surface area contributed by atoms with Gasteiger partial charge in [0.2, 0.25) is 11.8 Å². The number of aryl methyl sites for hydroxylation is 1. The summed E-state index contributed by atoms with van der Waals surface area (Å²) in [5, 5.41) is 13.6. The molecule has 0 aromatic heterocycles. The summed E-state index contributed by atoms with van der Waals surface area (Å²) < 4.78 is 0. The maximum Gasteiger partial charge on any atom is 0.325 e. The van der Waals surface area contributed by atoms with E-state index in [9.17, 15) is 14.4 Å². The topological polar surface area (TPSA) is 122 Å². The van der Waals surface area contributed by atoms with E-state index in [1.807, 2.05) is 31.2 Å². The molecule has 0 bridgehead atoms. The van der Waals surface area contributed by atoms with Crippen molar-refractivity contribution in [2.45, 2.75) is 38.9 Å². The van der Waals surface area contributed by atoms with Gasteiger partial charge in [0.15, 0.2) is 0 Å². The van der Waals surface area contributed by atoms with E-state index < -0.39 is 29.9 Å². The van der Waals surface area contributed by atoms with E-state index in [-0.39, 0.29) is 6.42 Å². The average molecular weight is 307 g/mol. The summed E-state index contributed by atoms with van der Waals surface area (Å²) in [4.78, 5) is 34.0. The number of hydrogen-bond donors (Lipinski definition) is 4. The van der Waals surface area contributed by atoms with Crippen LogP contribution in [0.4, 0.5) is 0 Å². The Bertz CT molecular complexity index is 542. The Balaban J connectivity index is 2.40. The Hall–Kier alpha value is -2.41. The van der Waals surface area contributed by atoms with Gasteiger partial charge in [0, 0.05) is 6.54 Å². The van der Waals surface area contributed by atoms with Crippen molar-refractivity contribution in [3.05, 3.63) is 35.4 Å². The van der Waals surface area contributed by atoms with E-state index in [4.69, 9.17) is 10.8 Å². The van der Waals surface area contributed by atoms with Crippen LogP contribution in [-0.2, 0) is 20.9 Å². The smallest absolute Gasteiger partial charge is 0.325 e. The lowest BCUT2D eigenvalue weighted by molar-refractivity contribution is -0.141. The summed E-state index contributed by atoms with van der Waals surface area (Å²) >= 11 is 0. The third-order valence-corrected chi connectivity index (χ3v) is 3.08. The number of nitrogens with two attached hydrogens (primary N) is 1. The van der Waals surface area contributed by atoms with Gasteiger partial charge in [0.05, 0.1) is 12.5 Å². The first-order valence-corrected chi connectivity index (χ1v) is 6.90. The molecule has 0 saturated heterocycles. The van der Waals surface area contributed by atoms with Gasteiger partial charge in [-0.1, -0.05) is 29.8 Å². The summed E-state index contributed by atoms with van der Waals surface area (Å²) in [5.41, 5.74) is 7.69. The standard InChI is InChI=1S/C15H21N3O4/c1-9-3-5-11(6-4-9)8-17-14(20)12(16)7-13(19)18-10(2)15(21)22/h3-6,10,12H,7-8,16H2,1-2H3,(H,17,20)(H,18,19)(H,21,22)/t10-,12-/m0/s1. The molecule has 5 N–H and O–H groups in total. The van der Waals surface area contributed by atoms with Crippen LogP contribution in [0.1, 0.15) is 24.5 Å². The lowest BCUT2D eigenvalue weighted by Crippen LogP contribution is -2.46. The van der Waals surface area contributed by atoms with Gasteiger partial charge in [0.25, 0.3) is 0 Å². The van der Waals surface area contributed by atoms with Crippen LogP contribution >= 0.6 is 0 Å². The number of rotatable bonds is 7. The van der Waals surface area contributed by atoms with Crippen molar-refractivity contribution in [2.75, 3.05) is 0 Å². The second kappa shape index (κ2) is 8.14. The van der Waals surface area contributed by atoms with Crippen molar-refractivity contribution in [1.82, 2.24) is 10.6 Å². The molecule has 1 rings (SSSR count). The molecule has 0 heterocycles. The third kappa shape index (κ3) is 5.92. The molecule has 2 amide bonds. The number of aliphatic carboxylic acids is 1. The molecule has 120 valence electrons. The summed E-state index contributed by atoms with van der Waals surface area (Å²) in [5.74, 6) is -2.18. The summed E-state index contributed by atoms with van der Waals surface area (Å²) in [6.07, 6.45) is -0.267. The molecule has 0 aliphatic carbocycles. The van der Waals surface area contributed by atoms with Crippen LogP contribution in [0.15, 0.2) is 24.3 Å². The highest BCUT2D eigenvalue weighted by Gasteiger charge is 2.20. The molecular weight excluding hydrogens is 286 g/mol. The zero-order valence-electron chi connectivity index (χ0n) is 12.6. The molecule has 0 saturated carbocycles. The van der Waals surface area contributed by atoms with Crippen LogP contribution < -0.4 is 16.4 Å². The first-order valence-electron chi connectivity index (χ1n) is 6.90. The molecule has 1 aromatic rings. The molecular formula is C15H21N3O4. The van der Waals surface area contributed by atoms with E-state index in [2.05, 4.69) is 10.6 Å². The van der Waals surface area contributed by atoms with E-state index in [0.29, 0.717) is 6.54 Å². The van der Waals surface area contributed by atoms with E-state index >= 15 is 0 Å². The molecule has 0 fully saturated rings. The van der Waals surface area contributed by atoms with Crippen LogP contribution in [0.3, 0.4) is 0 Å². The zero-order chi connectivity index (χ0) is 16.7. The number of carbonyl (C=O) groups excluding carboxylic acids is 2. The lowest BCUT2D eigenvalue weighted by atomic mass is 10.1. The van der Waals surface area contributed by atoms with Crippen molar-refractivity contribution in [3.8, 4) is 0 Å². The highest BCUT2D eigenvalue weighted by molar-refractivity contribution is 5.89. The number of benzene rings is 1. The minimum Gasteiger partial charge on any atom is -0.480 e. The molecule has 2 atom stereocenters. The fraction of sp³-hybridized carbons (Fsp3) is 0.400. The maximum atomic E-state index is 11.8. The third-order valence-electron chi connectivity index (χ3n) is 3.08. The molecule has 22 heavy (non-hydrogen) atoms. The zero-order valence-corrected chi connectivity index (χ0v) is 12.6. The second-order valence-electron chi connectivity index (χ2n) is 5.14. The predicted molar refractivity (Wildman–Crippen MR) is 80.9 cm³/mol. The van der Waals surface area contributed by atoms with Gasteiger partial charge in [-0.25, -0.2) is 0 Å². The van der Waals surface area contributed by atoms with Gasteiger partial charge in [-0.2, -0.15) is 0 Å². The van der Waals surface area contributed by atoms with Crippen molar-refractivity contribution < 1.29 is 19.5 Å². The van der Waals surface area contributed by atoms with Crippen LogP contribution in [0.25, 0.3) is 0 Å². The monoisotopic (exact) mass is 307 g/mol. The quantitative estimate of drug-likeness (QED) is 0.561. The molecule has 0 radical (unpaired) electrons. The molecule has 0 aliphatic heterocycles. The number of hydrogen-bond acceptors (Lipinski definition) is 4. The van der Waals surface area contributed by atoms with Crippen LogP contribution in [0.5, 0.6) is 0 Å². The Kier molecular flexibility index (Phi) is 6.52. The molecule has 7 heteroatoms. The Morgan fingerprint density at radius 2 is 1.82 bits per heavy atom. The maximum absolute atomic E-state index is 11.8. The minimum absolute atomic E-state index is 0.267. The van der Waals surface area contributed by atoms with Crippen molar-refractivity contribution >= 4 is 17.8 Å². The van der Waals surface area contributed by atoms with Gasteiger partial charge < -0.3 is 21.5 Å². The molecule has 0 unspecified atom stereocenters. The number of carbonyl (C=O) groups is 3. The fourth-order valence-electron chi connectivity index (χ4n) is 1.68. The molecule has 0 spiro atoms.